The third kappa shape index (κ3) is 9.86. The van der Waals surface area contributed by atoms with Crippen LogP contribution in [0.2, 0.25) is 0 Å². The molecule has 4 nitrogen and oxygen atoms in total. The van der Waals surface area contributed by atoms with Crippen LogP contribution in [-0.4, -0.2) is 24.4 Å². The SMILES string of the molecule is C#CCCCNC(=O)[C@H](Cc1cc(F)cc(F)c1)NC(=O)/C=C/CCC(C)C. The minimum atomic E-state index is -0.950. The Hall–Kier alpha value is -2.68. The largest absolute Gasteiger partial charge is 0.354 e. The summed E-state index contributed by atoms with van der Waals surface area (Å²) < 4.78 is 26.9. The van der Waals surface area contributed by atoms with Gasteiger partial charge in [0, 0.05) is 25.5 Å². The Morgan fingerprint density at radius 1 is 1.21 bits per heavy atom. The molecule has 2 amide bonds. The summed E-state index contributed by atoms with van der Waals surface area (Å²) in [5.74, 6) is 0.685. The average molecular weight is 390 g/mol. The van der Waals surface area contributed by atoms with Crippen molar-refractivity contribution < 1.29 is 18.4 Å². The summed E-state index contributed by atoms with van der Waals surface area (Å²) >= 11 is 0. The quantitative estimate of drug-likeness (QED) is 0.345. The van der Waals surface area contributed by atoms with Gasteiger partial charge in [0.15, 0.2) is 0 Å². The standard InChI is InChI=1S/C22H28F2N2O2/c1-4-5-8-11-25-22(28)20(14-17-12-18(23)15-19(24)13-17)26-21(27)10-7-6-9-16(2)3/h1,7,10,12-13,15-16,20H,5-6,8-9,11,14H2,2-3H3,(H,25,28)(H,26,27)/b10-7+/t20-/m0/s1. The zero-order chi connectivity index (χ0) is 20.9. The molecular weight excluding hydrogens is 362 g/mol. The maximum atomic E-state index is 13.4. The van der Waals surface area contributed by atoms with Crippen LogP contribution in [0.5, 0.6) is 0 Å². The number of nitrogens with one attached hydrogen (secondary N) is 2. The van der Waals surface area contributed by atoms with Gasteiger partial charge in [-0.3, -0.25) is 9.59 Å². The van der Waals surface area contributed by atoms with Crippen LogP contribution < -0.4 is 10.6 Å². The first kappa shape index (κ1) is 23.4. The topological polar surface area (TPSA) is 58.2 Å². The molecule has 28 heavy (non-hydrogen) atoms. The lowest BCUT2D eigenvalue weighted by atomic mass is 10.0. The summed E-state index contributed by atoms with van der Waals surface area (Å²) in [4.78, 5) is 24.6. The molecule has 0 aromatic heterocycles. The van der Waals surface area contributed by atoms with E-state index >= 15 is 0 Å². The van der Waals surface area contributed by atoms with Gasteiger partial charge in [0.1, 0.15) is 17.7 Å². The predicted octanol–water partition coefficient (Wildman–Crippen LogP) is 3.51. The Morgan fingerprint density at radius 2 is 1.89 bits per heavy atom. The van der Waals surface area contributed by atoms with Crippen molar-refractivity contribution in [2.75, 3.05) is 6.54 Å². The molecule has 1 rings (SSSR count). The second-order valence-electron chi connectivity index (χ2n) is 7.02. The predicted molar refractivity (Wildman–Crippen MR) is 106 cm³/mol. The van der Waals surface area contributed by atoms with E-state index in [2.05, 4.69) is 30.4 Å². The zero-order valence-electron chi connectivity index (χ0n) is 16.4. The van der Waals surface area contributed by atoms with Gasteiger partial charge in [-0.15, -0.1) is 12.3 Å². The Kier molecular flexibility index (Phi) is 10.6. The molecule has 0 radical (unpaired) electrons. The van der Waals surface area contributed by atoms with E-state index in [1.807, 2.05) is 0 Å². The Balaban J connectivity index is 2.77. The van der Waals surface area contributed by atoms with Crippen molar-refractivity contribution in [3.63, 3.8) is 0 Å². The summed E-state index contributed by atoms with van der Waals surface area (Å²) in [6.07, 6.45) is 11.1. The highest BCUT2D eigenvalue weighted by molar-refractivity contribution is 5.93. The normalized spacial score (nSPS) is 12.0. The molecule has 1 atom stereocenters. The number of rotatable bonds is 11. The average Bonchev–Trinajstić information content (AvgIpc) is 2.60. The van der Waals surface area contributed by atoms with E-state index in [4.69, 9.17) is 6.42 Å². The smallest absolute Gasteiger partial charge is 0.244 e. The highest BCUT2D eigenvalue weighted by Gasteiger charge is 2.20. The van der Waals surface area contributed by atoms with Crippen LogP contribution in [0.15, 0.2) is 30.4 Å². The zero-order valence-corrected chi connectivity index (χ0v) is 16.4. The molecule has 0 bridgehead atoms. The van der Waals surface area contributed by atoms with Gasteiger partial charge in [-0.2, -0.15) is 0 Å². The Labute approximate surface area is 165 Å². The molecule has 0 aliphatic rings. The third-order valence-electron chi connectivity index (χ3n) is 3.97. The van der Waals surface area contributed by atoms with Crippen molar-refractivity contribution in [1.82, 2.24) is 10.6 Å². The molecule has 1 aromatic carbocycles. The van der Waals surface area contributed by atoms with Gasteiger partial charge in [0.2, 0.25) is 11.8 Å². The molecule has 1 aromatic rings. The van der Waals surface area contributed by atoms with Crippen LogP contribution in [0, 0.1) is 29.9 Å². The van der Waals surface area contributed by atoms with Crippen LogP contribution in [-0.2, 0) is 16.0 Å². The molecule has 0 aliphatic heterocycles. The van der Waals surface area contributed by atoms with E-state index in [-0.39, 0.29) is 12.0 Å². The second-order valence-corrected chi connectivity index (χ2v) is 7.02. The van der Waals surface area contributed by atoms with Crippen molar-refractivity contribution in [3.05, 3.63) is 47.5 Å². The lowest BCUT2D eigenvalue weighted by Crippen LogP contribution is -2.47. The van der Waals surface area contributed by atoms with Gasteiger partial charge in [0.05, 0.1) is 0 Å². The highest BCUT2D eigenvalue weighted by atomic mass is 19.1. The summed E-state index contributed by atoms with van der Waals surface area (Å²) in [7, 11) is 0. The number of unbranched alkanes of at least 4 members (excludes halogenated alkanes) is 1. The van der Waals surface area contributed by atoms with Crippen LogP contribution in [0.4, 0.5) is 8.78 Å². The lowest BCUT2D eigenvalue weighted by molar-refractivity contribution is -0.127. The van der Waals surface area contributed by atoms with Crippen molar-refractivity contribution in [3.8, 4) is 12.3 Å². The van der Waals surface area contributed by atoms with Gasteiger partial charge < -0.3 is 10.6 Å². The lowest BCUT2D eigenvalue weighted by Gasteiger charge is -2.18. The number of benzene rings is 1. The van der Waals surface area contributed by atoms with E-state index in [0.717, 1.165) is 31.0 Å². The molecule has 0 aliphatic carbocycles. The van der Waals surface area contributed by atoms with Crippen molar-refractivity contribution in [1.29, 1.82) is 0 Å². The molecule has 152 valence electrons. The minimum absolute atomic E-state index is 0.0266. The molecule has 0 fully saturated rings. The number of terminal acetylenes is 1. The Bertz CT molecular complexity index is 703. The van der Waals surface area contributed by atoms with Gasteiger partial charge in [0.25, 0.3) is 0 Å². The molecule has 6 heteroatoms. The molecular formula is C22H28F2N2O2. The molecule has 0 heterocycles. The van der Waals surface area contributed by atoms with Crippen LogP contribution in [0.3, 0.4) is 0 Å². The fraction of sp³-hybridized carbons (Fsp3) is 0.455. The summed E-state index contributed by atoms with van der Waals surface area (Å²) in [5.41, 5.74) is 0.283. The number of carbonyl (C=O) groups is 2. The molecule has 0 saturated carbocycles. The van der Waals surface area contributed by atoms with Crippen LogP contribution in [0.25, 0.3) is 0 Å². The van der Waals surface area contributed by atoms with Gasteiger partial charge in [-0.1, -0.05) is 19.9 Å². The molecule has 0 saturated heterocycles. The van der Waals surface area contributed by atoms with E-state index in [9.17, 15) is 18.4 Å². The summed E-state index contributed by atoms with van der Waals surface area (Å²) in [6, 6.07) is 2.10. The first-order chi connectivity index (χ1) is 13.3. The van der Waals surface area contributed by atoms with E-state index < -0.39 is 29.5 Å². The minimum Gasteiger partial charge on any atom is -0.354 e. The number of hydrogen-bond acceptors (Lipinski definition) is 2. The Morgan fingerprint density at radius 3 is 2.50 bits per heavy atom. The molecule has 2 N–H and O–H groups in total. The van der Waals surface area contributed by atoms with Gasteiger partial charge in [-0.05, 0) is 49.0 Å². The maximum Gasteiger partial charge on any atom is 0.244 e. The number of amides is 2. The first-order valence-electron chi connectivity index (χ1n) is 9.45. The number of carbonyl (C=O) groups excluding carboxylic acids is 2. The van der Waals surface area contributed by atoms with Crippen molar-refractivity contribution in [2.45, 2.75) is 52.0 Å². The van der Waals surface area contributed by atoms with Crippen LogP contribution in [0.1, 0.15) is 45.1 Å². The number of allylic oxidation sites excluding steroid dienone is 1. The highest BCUT2D eigenvalue weighted by Crippen LogP contribution is 2.11. The first-order valence-corrected chi connectivity index (χ1v) is 9.45. The third-order valence-corrected chi connectivity index (χ3v) is 3.97. The number of halogens is 2. The molecule has 0 spiro atoms. The second kappa shape index (κ2) is 12.7. The fourth-order valence-corrected chi connectivity index (χ4v) is 2.54. The van der Waals surface area contributed by atoms with Gasteiger partial charge >= 0.3 is 0 Å². The van der Waals surface area contributed by atoms with E-state index in [0.29, 0.717) is 25.3 Å². The van der Waals surface area contributed by atoms with Crippen molar-refractivity contribution in [2.24, 2.45) is 5.92 Å². The van der Waals surface area contributed by atoms with Gasteiger partial charge in [-0.25, -0.2) is 8.78 Å². The monoisotopic (exact) mass is 390 g/mol. The van der Waals surface area contributed by atoms with Crippen LogP contribution >= 0.6 is 0 Å². The summed E-state index contributed by atoms with van der Waals surface area (Å²) in [5, 5.41) is 5.30. The maximum absolute atomic E-state index is 13.4. The van der Waals surface area contributed by atoms with Crippen molar-refractivity contribution >= 4 is 11.8 Å². The fourth-order valence-electron chi connectivity index (χ4n) is 2.54. The number of hydrogen-bond donors (Lipinski definition) is 2. The summed E-state index contributed by atoms with van der Waals surface area (Å²) in [6.45, 7) is 4.54. The van der Waals surface area contributed by atoms with E-state index in [1.165, 1.54) is 6.08 Å². The van der Waals surface area contributed by atoms with E-state index in [1.54, 1.807) is 6.08 Å². The molecule has 0 unspecified atom stereocenters.